The fourth-order valence-corrected chi connectivity index (χ4v) is 9.98. The van der Waals surface area contributed by atoms with Crippen LogP contribution in [-0.4, -0.2) is 32.7 Å². The molecule has 1 N–H and O–H groups in total. The topological polar surface area (TPSA) is 38.7 Å². The van der Waals surface area contributed by atoms with E-state index >= 15 is 0 Å². The Bertz CT molecular complexity index is 1250. The third kappa shape index (κ3) is 6.10. The molecule has 0 amide bonds. The normalized spacial score (nSPS) is 16.4. The van der Waals surface area contributed by atoms with Crippen LogP contribution in [-0.2, 0) is 9.16 Å². The molecule has 0 spiro atoms. The molecular weight excluding hydrogens is 484 g/mol. The van der Waals surface area contributed by atoms with Crippen LogP contribution in [0.15, 0.2) is 114 Å². The van der Waals surface area contributed by atoms with Crippen molar-refractivity contribution in [2.24, 2.45) is 0 Å². The van der Waals surface area contributed by atoms with E-state index in [1.807, 2.05) is 18.2 Å². The first-order chi connectivity index (χ1) is 18.2. The van der Waals surface area contributed by atoms with E-state index in [1.54, 1.807) is 6.07 Å². The molecule has 1 aliphatic heterocycles. The number of hydrogen-bond donors (Lipinski definition) is 1. The summed E-state index contributed by atoms with van der Waals surface area (Å²) in [4.78, 5) is 0. The molecule has 0 radical (unpaired) electrons. The second-order valence-corrected chi connectivity index (χ2v) is 15.4. The Morgan fingerprint density at radius 3 is 2.13 bits per heavy atom. The molecule has 1 aliphatic rings. The lowest BCUT2D eigenvalue weighted by molar-refractivity contribution is 0.116. The molecular formula is C34H40O3Si. The summed E-state index contributed by atoms with van der Waals surface area (Å²) in [6.45, 7) is 14.5. The SMILES string of the molecule is C=C(CO[Si](c1ccccc1)(c1ccccc1)C(C)(C)C)C1=CCOC1CC/C(C)=C/c1ccccc1O. The molecule has 3 nitrogen and oxygen atoms in total. The minimum absolute atomic E-state index is 0.00188. The van der Waals surface area contributed by atoms with Crippen molar-refractivity contribution in [3.8, 4) is 5.75 Å². The third-order valence-electron chi connectivity index (χ3n) is 7.38. The summed E-state index contributed by atoms with van der Waals surface area (Å²) in [7, 11) is -2.63. The number of phenolic OH excluding ortho intramolecular Hbond substituents is 1. The first-order valence-electron chi connectivity index (χ1n) is 13.4. The standard InChI is InChI=1S/C34H40O3Si/c1-26(24-28-14-12-13-19-32(28)35)20-21-33-31(22-23-36-33)27(2)25-37-38(34(3,4)5,29-15-8-6-9-16-29)30-17-10-7-11-18-30/h6-19,22,24,33,35H,2,20-21,23,25H2,1,3-5H3/b26-24+. The Hall–Kier alpha value is -3.18. The van der Waals surface area contributed by atoms with Crippen molar-refractivity contribution in [2.45, 2.75) is 51.7 Å². The van der Waals surface area contributed by atoms with Crippen LogP contribution in [0.5, 0.6) is 5.75 Å². The van der Waals surface area contributed by atoms with Crippen LogP contribution in [0, 0.1) is 0 Å². The van der Waals surface area contributed by atoms with E-state index in [0.717, 1.165) is 29.6 Å². The summed E-state index contributed by atoms with van der Waals surface area (Å²) in [5.41, 5.74) is 4.19. The fraction of sp³-hybridized carbons (Fsp3) is 0.294. The number of para-hydroxylation sites is 1. The maximum absolute atomic E-state index is 10.1. The summed E-state index contributed by atoms with van der Waals surface area (Å²) < 4.78 is 13.2. The van der Waals surface area contributed by atoms with Crippen molar-refractivity contribution in [2.75, 3.05) is 13.2 Å². The number of hydrogen-bond acceptors (Lipinski definition) is 3. The summed E-state index contributed by atoms with van der Waals surface area (Å²) in [6.07, 6.45) is 5.94. The van der Waals surface area contributed by atoms with E-state index in [-0.39, 0.29) is 11.1 Å². The van der Waals surface area contributed by atoms with Crippen LogP contribution < -0.4 is 10.4 Å². The highest BCUT2D eigenvalue weighted by molar-refractivity contribution is 6.99. The highest BCUT2D eigenvalue weighted by Crippen LogP contribution is 2.38. The van der Waals surface area contributed by atoms with Gasteiger partial charge in [0.2, 0.25) is 0 Å². The molecule has 0 aromatic heterocycles. The average Bonchev–Trinajstić information content (AvgIpc) is 3.38. The van der Waals surface area contributed by atoms with Crippen molar-refractivity contribution in [3.63, 3.8) is 0 Å². The number of ether oxygens (including phenoxy) is 1. The predicted octanol–water partition coefficient (Wildman–Crippen LogP) is 7.03. The zero-order valence-corrected chi connectivity index (χ0v) is 24.1. The van der Waals surface area contributed by atoms with Crippen LogP contribution >= 0.6 is 0 Å². The van der Waals surface area contributed by atoms with Gasteiger partial charge in [0.1, 0.15) is 5.75 Å². The van der Waals surface area contributed by atoms with E-state index in [2.05, 4.69) is 107 Å². The van der Waals surface area contributed by atoms with Crippen molar-refractivity contribution < 1.29 is 14.3 Å². The number of aromatic hydroxyl groups is 1. The van der Waals surface area contributed by atoms with Crippen LogP contribution in [0.25, 0.3) is 6.08 Å². The lowest BCUT2D eigenvalue weighted by Gasteiger charge is -2.43. The molecule has 1 atom stereocenters. The average molecular weight is 525 g/mol. The molecule has 0 saturated heterocycles. The monoisotopic (exact) mass is 524 g/mol. The second kappa shape index (κ2) is 12.1. The van der Waals surface area contributed by atoms with Gasteiger partial charge in [-0.3, -0.25) is 0 Å². The van der Waals surface area contributed by atoms with Crippen LogP contribution in [0.4, 0.5) is 0 Å². The zero-order valence-electron chi connectivity index (χ0n) is 23.1. The first-order valence-corrected chi connectivity index (χ1v) is 15.3. The summed E-state index contributed by atoms with van der Waals surface area (Å²) in [6, 6.07) is 28.9. The van der Waals surface area contributed by atoms with E-state index in [4.69, 9.17) is 9.16 Å². The molecule has 4 rings (SSSR count). The molecule has 0 bridgehead atoms. The Kier molecular flexibility index (Phi) is 8.88. The predicted molar refractivity (Wildman–Crippen MR) is 162 cm³/mol. The Balaban J connectivity index is 1.51. The second-order valence-electron chi connectivity index (χ2n) is 11.1. The summed E-state index contributed by atoms with van der Waals surface area (Å²) in [5, 5.41) is 12.6. The maximum Gasteiger partial charge on any atom is 0.261 e. The highest BCUT2D eigenvalue weighted by atomic mass is 28.4. The van der Waals surface area contributed by atoms with Crippen LogP contribution in [0.3, 0.4) is 0 Å². The van der Waals surface area contributed by atoms with Crippen molar-refractivity contribution >= 4 is 24.8 Å². The van der Waals surface area contributed by atoms with Crippen LogP contribution in [0.1, 0.15) is 46.1 Å². The van der Waals surface area contributed by atoms with Crippen molar-refractivity contribution in [3.05, 3.63) is 120 Å². The lowest BCUT2D eigenvalue weighted by Crippen LogP contribution is -2.66. The lowest BCUT2D eigenvalue weighted by atomic mass is 9.97. The molecule has 38 heavy (non-hydrogen) atoms. The number of rotatable bonds is 10. The minimum atomic E-state index is -2.63. The number of phenols is 1. The first kappa shape index (κ1) is 27.8. The smallest absolute Gasteiger partial charge is 0.261 e. The van der Waals surface area contributed by atoms with Gasteiger partial charge in [0, 0.05) is 5.56 Å². The van der Waals surface area contributed by atoms with E-state index in [1.165, 1.54) is 15.9 Å². The van der Waals surface area contributed by atoms with Crippen molar-refractivity contribution in [1.29, 1.82) is 0 Å². The summed E-state index contributed by atoms with van der Waals surface area (Å²) in [5.74, 6) is 0.304. The van der Waals surface area contributed by atoms with Gasteiger partial charge in [-0.25, -0.2) is 0 Å². The number of benzene rings is 3. The minimum Gasteiger partial charge on any atom is -0.507 e. The van der Waals surface area contributed by atoms with E-state index < -0.39 is 8.32 Å². The van der Waals surface area contributed by atoms with Gasteiger partial charge < -0.3 is 14.3 Å². The van der Waals surface area contributed by atoms with Gasteiger partial charge in [-0.05, 0) is 52.4 Å². The van der Waals surface area contributed by atoms with Crippen molar-refractivity contribution in [1.82, 2.24) is 0 Å². The van der Waals surface area contributed by atoms with E-state index in [0.29, 0.717) is 19.0 Å². The quantitative estimate of drug-likeness (QED) is 0.289. The van der Waals surface area contributed by atoms with E-state index in [9.17, 15) is 5.11 Å². The van der Waals surface area contributed by atoms with Gasteiger partial charge >= 0.3 is 0 Å². The Morgan fingerprint density at radius 2 is 1.55 bits per heavy atom. The molecule has 1 unspecified atom stereocenters. The zero-order chi connectivity index (χ0) is 27.2. The molecule has 1 heterocycles. The van der Waals surface area contributed by atoms with Gasteiger partial charge in [0.15, 0.2) is 0 Å². The van der Waals surface area contributed by atoms with Crippen LogP contribution in [0.2, 0.25) is 5.04 Å². The molecule has 4 heteroatoms. The van der Waals surface area contributed by atoms with Gasteiger partial charge in [-0.15, -0.1) is 0 Å². The maximum atomic E-state index is 10.1. The van der Waals surface area contributed by atoms with Gasteiger partial charge in [-0.1, -0.05) is 124 Å². The molecule has 3 aromatic rings. The third-order valence-corrected chi connectivity index (χ3v) is 12.4. The Labute approximate surface area is 229 Å². The summed E-state index contributed by atoms with van der Waals surface area (Å²) >= 11 is 0. The molecule has 0 saturated carbocycles. The largest absolute Gasteiger partial charge is 0.507 e. The molecule has 198 valence electrons. The van der Waals surface area contributed by atoms with Gasteiger partial charge in [0.05, 0.1) is 19.3 Å². The molecule has 0 aliphatic carbocycles. The van der Waals surface area contributed by atoms with Gasteiger partial charge in [0.25, 0.3) is 8.32 Å². The number of allylic oxidation sites excluding steroid dienone is 1. The highest BCUT2D eigenvalue weighted by Gasteiger charge is 2.50. The molecule has 3 aromatic carbocycles. The van der Waals surface area contributed by atoms with Gasteiger partial charge in [-0.2, -0.15) is 0 Å². The molecule has 0 fully saturated rings. The fourth-order valence-electron chi connectivity index (χ4n) is 5.43. The Morgan fingerprint density at radius 1 is 0.974 bits per heavy atom.